The van der Waals surface area contributed by atoms with Crippen molar-refractivity contribution in [2.24, 2.45) is 0 Å². The van der Waals surface area contributed by atoms with Gasteiger partial charge in [0.15, 0.2) is 20.0 Å². The molecule has 0 fully saturated rings. The molecule has 0 saturated heterocycles. The third-order valence-electron chi connectivity index (χ3n) is 4.23. The highest BCUT2D eigenvalue weighted by atomic mass is 32.3. The zero-order chi connectivity index (χ0) is 28.2. The Morgan fingerprint density at radius 2 is 1.47 bits per heavy atom. The Morgan fingerprint density at radius 3 is 1.94 bits per heavy atom. The van der Waals surface area contributed by atoms with Crippen LogP contribution in [0.1, 0.15) is 52.4 Å². The van der Waals surface area contributed by atoms with E-state index in [1.807, 2.05) is 10.8 Å². The second-order valence-electron chi connectivity index (χ2n) is 7.49. The molecule has 1 aromatic rings. The number of alkyl halides is 6. The van der Waals surface area contributed by atoms with E-state index in [0.29, 0.717) is 18.7 Å². The van der Waals surface area contributed by atoms with Crippen LogP contribution in [0.5, 0.6) is 0 Å². The van der Waals surface area contributed by atoms with E-state index in [-0.39, 0.29) is 5.97 Å². The summed E-state index contributed by atoms with van der Waals surface area (Å²) in [5.41, 5.74) is -12.0. The molecule has 0 saturated carbocycles. The number of rotatable bonds is 13. The molecule has 0 radical (unpaired) electrons. The molecule has 1 rings (SSSR count). The Labute approximate surface area is 206 Å². The fraction of sp³-hybridized carbons (Fsp3) is 0.684. The van der Waals surface area contributed by atoms with Gasteiger partial charge in [-0.2, -0.15) is 26.3 Å². The molecule has 0 aromatic carbocycles. The first-order valence-electron chi connectivity index (χ1n) is 10.6. The Kier molecular flexibility index (Phi) is 13.7. The van der Waals surface area contributed by atoms with Crippen molar-refractivity contribution in [3.8, 4) is 0 Å². The lowest BCUT2D eigenvalue weighted by atomic mass is 10.1. The number of hydrogen-bond donors (Lipinski definition) is 0. The maximum atomic E-state index is 11.4. The van der Waals surface area contributed by atoms with Crippen LogP contribution in [0.2, 0.25) is 0 Å². The Balaban J connectivity index is 0.000000723. The summed E-state index contributed by atoms with van der Waals surface area (Å²) in [6, 6.07) is 0. The van der Waals surface area contributed by atoms with Gasteiger partial charge in [-0.3, -0.25) is 0 Å². The van der Waals surface area contributed by atoms with Crippen LogP contribution in [-0.4, -0.2) is 45.0 Å². The lowest BCUT2D eigenvalue weighted by Gasteiger charge is -2.22. The Hall–Kier alpha value is -2.14. The molecule has 9 nitrogen and oxygen atoms in total. The largest absolute Gasteiger partial charge is 0.480 e. The van der Waals surface area contributed by atoms with E-state index in [9.17, 15) is 48.0 Å². The van der Waals surface area contributed by atoms with Crippen molar-refractivity contribution in [1.82, 2.24) is 4.57 Å². The van der Waals surface area contributed by atoms with Crippen molar-refractivity contribution in [3.63, 3.8) is 0 Å². The Morgan fingerprint density at radius 1 is 0.972 bits per heavy atom. The minimum absolute atomic E-state index is 0.317. The quantitative estimate of drug-likeness (QED) is 0.114. The monoisotopic (exact) mass is 573 g/mol. The summed E-state index contributed by atoms with van der Waals surface area (Å²) in [5.74, 6) is -0.317. The van der Waals surface area contributed by atoms with Gasteiger partial charge in [0.05, 0.1) is 6.54 Å². The summed E-state index contributed by atoms with van der Waals surface area (Å²) >= 11 is 0. The van der Waals surface area contributed by atoms with Gasteiger partial charge in [0.25, 0.3) is 0 Å². The van der Waals surface area contributed by atoms with Gasteiger partial charge in [0, 0.05) is 5.57 Å². The number of sulfonamides is 2. The number of hydrogen-bond acceptors (Lipinski definition) is 6. The first-order chi connectivity index (χ1) is 16.3. The molecule has 0 aliphatic carbocycles. The molecule has 1 heterocycles. The number of imidazole rings is 1. The summed E-state index contributed by atoms with van der Waals surface area (Å²) in [5, 5.41) is 0. The number of nitrogens with zero attached hydrogens (tertiary/aromatic N) is 3. The summed E-state index contributed by atoms with van der Waals surface area (Å²) in [7, 11) is -13.4. The maximum absolute atomic E-state index is 11.4. The van der Waals surface area contributed by atoms with E-state index in [0.717, 1.165) is 10.7 Å². The normalized spacial score (nSPS) is 12.6. The van der Waals surface area contributed by atoms with E-state index in [2.05, 4.69) is 30.6 Å². The predicted molar refractivity (Wildman–Crippen MR) is 117 cm³/mol. The zero-order valence-electron chi connectivity index (χ0n) is 19.7. The number of esters is 1. The van der Waals surface area contributed by atoms with E-state index >= 15 is 0 Å². The number of carbonyl (C=O) groups excluding carboxylic acids is 1. The summed E-state index contributed by atoms with van der Waals surface area (Å²) in [6.07, 6.45) is 14.0. The van der Waals surface area contributed by atoms with Gasteiger partial charge in [-0.05, 0) is 19.8 Å². The van der Waals surface area contributed by atoms with Crippen LogP contribution >= 0.6 is 0 Å². The molecule has 0 atom stereocenters. The van der Waals surface area contributed by atoms with Gasteiger partial charge in [-0.25, -0.2) is 30.8 Å². The van der Waals surface area contributed by atoms with Crippen molar-refractivity contribution in [2.45, 2.75) is 76.5 Å². The number of halogens is 6. The highest BCUT2D eigenvalue weighted by Gasteiger charge is 2.46. The second-order valence-corrected chi connectivity index (χ2v) is 10.9. The number of unbranched alkanes of at least 4 members (excludes halogenated alkanes) is 5. The topological polar surface area (TPSA) is 117 Å². The molecule has 0 aliphatic rings. The smallest absolute Gasteiger partial charge is 0.458 e. The van der Waals surface area contributed by atoms with Crippen LogP contribution in [0.3, 0.4) is 0 Å². The molecule has 0 unspecified atom stereocenters. The molecule has 0 spiro atoms. The van der Waals surface area contributed by atoms with Crippen molar-refractivity contribution in [3.05, 3.63) is 35.0 Å². The van der Waals surface area contributed by atoms with E-state index in [4.69, 9.17) is 4.74 Å². The van der Waals surface area contributed by atoms with Crippen molar-refractivity contribution in [2.75, 3.05) is 6.61 Å². The summed E-state index contributed by atoms with van der Waals surface area (Å²) in [6.45, 7) is 9.59. The molecular weight excluding hydrogens is 544 g/mol. The average molecular weight is 574 g/mol. The van der Waals surface area contributed by atoms with Crippen LogP contribution < -0.4 is 4.57 Å². The minimum Gasteiger partial charge on any atom is -0.458 e. The van der Waals surface area contributed by atoms with Gasteiger partial charge in [-0.15, -0.1) is 0 Å². The standard InChI is InChI=1S/C17H29N2O2.C2F6NO4S2/c1-4-5-6-7-8-9-10-18-11-12-19(15-18)13-14-21-17(20)16(2)3;3-1(4,5)14(10,11)9-15(12,13)2(6,7)8/h11-12,15H,2,4-10,13-14H2,1,3H3;/q+1;-1. The highest BCUT2D eigenvalue weighted by molar-refractivity contribution is 8.13. The molecule has 210 valence electrons. The van der Waals surface area contributed by atoms with Gasteiger partial charge < -0.3 is 8.86 Å². The molecule has 0 aliphatic heterocycles. The van der Waals surface area contributed by atoms with Gasteiger partial charge in [0.1, 0.15) is 25.5 Å². The molecular formula is C19H29F6N3O6S2. The predicted octanol–water partition coefficient (Wildman–Crippen LogP) is 4.31. The fourth-order valence-corrected chi connectivity index (χ4v) is 4.07. The molecule has 1 aromatic heterocycles. The third kappa shape index (κ3) is 12.7. The van der Waals surface area contributed by atoms with Crippen LogP contribution in [0.4, 0.5) is 26.3 Å². The van der Waals surface area contributed by atoms with Crippen molar-refractivity contribution in [1.29, 1.82) is 0 Å². The van der Waals surface area contributed by atoms with Crippen LogP contribution in [0.15, 0.2) is 30.9 Å². The summed E-state index contributed by atoms with van der Waals surface area (Å²) < 4.78 is 119. The van der Waals surface area contributed by atoms with Crippen LogP contribution in [0, 0.1) is 0 Å². The van der Waals surface area contributed by atoms with Crippen LogP contribution in [-0.2, 0) is 42.7 Å². The fourth-order valence-electron chi connectivity index (χ4n) is 2.36. The first-order valence-corrected chi connectivity index (χ1v) is 13.5. The van der Waals surface area contributed by atoms with Crippen molar-refractivity contribution < 1.29 is 57.3 Å². The highest BCUT2D eigenvalue weighted by Crippen LogP contribution is 2.36. The molecule has 0 bridgehead atoms. The number of aromatic nitrogens is 2. The number of ether oxygens (including phenoxy) is 1. The SMILES string of the molecule is C=C(C)C(=O)OCCn1cc[n+](CCCCCCCC)c1.O=S(=O)([N-]S(=O)(=O)C(F)(F)F)C(F)(F)F. The third-order valence-corrected chi connectivity index (χ3v) is 6.97. The molecule has 36 heavy (non-hydrogen) atoms. The first kappa shape index (κ1) is 33.9. The van der Waals surface area contributed by atoms with Crippen LogP contribution in [0.25, 0.3) is 4.13 Å². The minimum atomic E-state index is -6.72. The van der Waals surface area contributed by atoms with Gasteiger partial charge in [-0.1, -0.05) is 39.2 Å². The van der Waals surface area contributed by atoms with Gasteiger partial charge in [0.2, 0.25) is 6.33 Å². The van der Waals surface area contributed by atoms with E-state index in [1.165, 1.54) is 38.5 Å². The van der Waals surface area contributed by atoms with Gasteiger partial charge >= 0.3 is 17.0 Å². The summed E-state index contributed by atoms with van der Waals surface area (Å²) in [4.78, 5) is 11.3. The average Bonchev–Trinajstić information content (AvgIpc) is 3.16. The molecule has 17 heteroatoms. The lowest BCUT2D eigenvalue weighted by molar-refractivity contribution is -0.696. The maximum Gasteiger partial charge on any atom is 0.480 e. The Bertz CT molecular complexity index is 1010. The number of aryl methyl sites for hydroxylation is 1. The van der Waals surface area contributed by atoms with E-state index < -0.39 is 31.1 Å². The van der Waals surface area contributed by atoms with Crippen molar-refractivity contribution >= 4 is 26.0 Å². The number of carbonyl (C=O) groups is 1. The molecule has 0 N–H and O–H groups in total. The molecule has 0 amide bonds. The zero-order valence-corrected chi connectivity index (χ0v) is 21.3. The second kappa shape index (κ2) is 14.6. The lowest BCUT2D eigenvalue weighted by Crippen LogP contribution is -2.31. The van der Waals surface area contributed by atoms with E-state index in [1.54, 1.807) is 6.92 Å².